The van der Waals surface area contributed by atoms with Crippen LogP contribution in [0.25, 0.3) is 0 Å². The molecule has 62 valence electrons. The van der Waals surface area contributed by atoms with E-state index in [1.54, 1.807) is 13.4 Å². The van der Waals surface area contributed by atoms with Crippen molar-refractivity contribution in [2.24, 2.45) is 5.73 Å². The molecule has 1 rings (SSSR count). The summed E-state index contributed by atoms with van der Waals surface area (Å²) in [5.41, 5.74) is 6.79. The van der Waals surface area contributed by atoms with E-state index in [-0.39, 0.29) is 6.04 Å². The summed E-state index contributed by atoms with van der Waals surface area (Å²) in [5, 5.41) is 0. The van der Waals surface area contributed by atoms with Gasteiger partial charge in [-0.3, -0.25) is 0 Å². The topological polar surface area (TPSA) is 48.4 Å². The van der Waals surface area contributed by atoms with Gasteiger partial charge in [-0.25, -0.2) is 0 Å². The van der Waals surface area contributed by atoms with E-state index in [9.17, 15) is 0 Å². The third-order valence-corrected chi connectivity index (χ3v) is 1.64. The van der Waals surface area contributed by atoms with Crippen molar-refractivity contribution < 1.29 is 9.15 Å². The number of hydrogen-bond donors (Lipinski definition) is 1. The molecule has 0 aromatic carbocycles. The molecule has 3 heteroatoms. The minimum Gasteiger partial charge on any atom is -0.469 e. The molecular formula is C8H13NO2. The van der Waals surface area contributed by atoms with Gasteiger partial charge in [-0.2, -0.15) is 0 Å². The van der Waals surface area contributed by atoms with Gasteiger partial charge in [-0.15, -0.1) is 0 Å². The molecule has 1 atom stereocenters. The zero-order valence-corrected chi connectivity index (χ0v) is 6.83. The fourth-order valence-electron chi connectivity index (χ4n) is 1.05. The third-order valence-electron chi connectivity index (χ3n) is 1.64. The van der Waals surface area contributed by atoms with Crippen molar-refractivity contribution in [3.05, 3.63) is 23.7 Å². The molecular weight excluding hydrogens is 142 g/mol. The van der Waals surface area contributed by atoms with E-state index in [4.69, 9.17) is 14.9 Å². The number of aryl methyl sites for hydroxylation is 1. The standard InChI is InChI=1S/C8H13NO2/c1-6-7(3-4-11-6)8(9)5-10-2/h3-4,8H,5,9H2,1-2H3. The fraction of sp³-hybridized carbons (Fsp3) is 0.500. The van der Waals surface area contributed by atoms with Gasteiger partial charge in [0.25, 0.3) is 0 Å². The van der Waals surface area contributed by atoms with Crippen LogP contribution >= 0.6 is 0 Å². The summed E-state index contributed by atoms with van der Waals surface area (Å²) in [7, 11) is 1.63. The third kappa shape index (κ3) is 1.82. The Bertz CT molecular complexity index is 220. The van der Waals surface area contributed by atoms with Crippen molar-refractivity contribution in [1.29, 1.82) is 0 Å². The Morgan fingerprint density at radius 2 is 2.45 bits per heavy atom. The highest BCUT2D eigenvalue weighted by molar-refractivity contribution is 5.19. The molecule has 1 unspecified atom stereocenters. The summed E-state index contributed by atoms with van der Waals surface area (Å²) < 4.78 is 10.0. The van der Waals surface area contributed by atoms with Crippen molar-refractivity contribution in [2.45, 2.75) is 13.0 Å². The molecule has 0 aliphatic carbocycles. The predicted octanol–water partition coefficient (Wildman–Crippen LogP) is 1.23. The molecule has 0 saturated heterocycles. The second kappa shape index (κ2) is 3.55. The second-order valence-corrected chi connectivity index (χ2v) is 2.49. The Morgan fingerprint density at radius 1 is 1.73 bits per heavy atom. The van der Waals surface area contributed by atoms with Gasteiger partial charge in [0.1, 0.15) is 5.76 Å². The summed E-state index contributed by atoms with van der Waals surface area (Å²) in [6, 6.07) is 1.80. The molecule has 0 fully saturated rings. The van der Waals surface area contributed by atoms with Gasteiger partial charge in [0, 0.05) is 12.7 Å². The van der Waals surface area contributed by atoms with E-state index in [1.165, 1.54) is 0 Å². The van der Waals surface area contributed by atoms with E-state index in [0.29, 0.717) is 6.61 Å². The summed E-state index contributed by atoms with van der Waals surface area (Å²) in [5.74, 6) is 0.870. The molecule has 0 aliphatic heterocycles. The SMILES string of the molecule is COCC(N)c1ccoc1C. The minimum absolute atomic E-state index is 0.0706. The summed E-state index contributed by atoms with van der Waals surface area (Å²) in [6.45, 7) is 2.42. The van der Waals surface area contributed by atoms with Crippen LogP contribution in [0.1, 0.15) is 17.4 Å². The molecule has 0 aliphatic rings. The maximum Gasteiger partial charge on any atom is 0.105 e. The smallest absolute Gasteiger partial charge is 0.105 e. The van der Waals surface area contributed by atoms with Crippen molar-refractivity contribution in [2.75, 3.05) is 13.7 Å². The van der Waals surface area contributed by atoms with Crippen LogP contribution in [-0.4, -0.2) is 13.7 Å². The number of nitrogens with two attached hydrogens (primary N) is 1. The van der Waals surface area contributed by atoms with Crippen molar-refractivity contribution >= 4 is 0 Å². The van der Waals surface area contributed by atoms with Gasteiger partial charge in [0.05, 0.1) is 18.9 Å². The van der Waals surface area contributed by atoms with Crippen LogP contribution in [0.2, 0.25) is 0 Å². The lowest BCUT2D eigenvalue weighted by Gasteiger charge is -2.07. The molecule has 1 aromatic rings. The first-order valence-electron chi connectivity index (χ1n) is 3.54. The summed E-state index contributed by atoms with van der Waals surface area (Å²) >= 11 is 0. The average molecular weight is 155 g/mol. The van der Waals surface area contributed by atoms with E-state index in [0.717, 1.165) is 11.3 Å². The van der Waals surface area contributed by atoms with Gasteiger partial charge in [-0.1, -0.05) is 0 Å². The zero-order valence-electron chi connectivity index (χ0n) is 6.83. The van der Waals surface area contributed by atoms with Crippen LogP contribution in [0.3, 0.4) is 0 Å². The highest BCUT2D eigenvalue weighted by Gasteiger charge is 2.09. The first-order chi connectivity index (χ1) is 5.25. The highest BCUT2D eigenvalue weighted by atomic mass is 16.5. The molecule has 0 saturated carbocycles. The van der Waals surface area contributed by atoms with E-state index >= 15 is 0 Å². The summed E-state index contributed by atoms with van der Waals surface area (Å²) in [4.78, 5) is 0. The van der Waals surface area contributed by atoms with Gasteiger partial charge < -0.3 is 14.9 Å². The Labute approximate surface area is 66.1 Å². The van der Waals surface area contributed by atoms with E-state index in [1.807, 2.05) is 13.0 Å². The summed E-state index contributed by atoms with van der Waals surface area (Å²) in [6.07, 6.45) is 1.64. The predicted molar refractivity (Wildman–Crippen MR) is 42.2 cm³/mol. The Kier molecular flexibility index (Phi) is 2.68. The molecule has 2 N–H and O–H groups in total. The van der Waals surface area contributed by atoms with Crippen LogP contribution in [0, 0.1) is 6.92 Å². The van der Waals surface area contributed by atoms with E-state index < -0.39 is 0 Å². The van der Waals surface area contributed by atoms with Crippen LogP contribution in [-0.2, 0) is 4.74 Å². The molecule has 11 heavy (non-hydrogen) atoms. The van der Waals surface area contributed by atoms with Crippen LogP contribution in [0.5, 0.6) is 0 Å². The number of methoxy groups -OCH3 is 1. The lowest BCUT2D eigenvalue weighted by molar-refractivity contribution is 0.180. The maximum atomic E-state index is 5.77. The lowest BCUT2D eigenvalue weighted by Crippen LogP contribution is -2.16. The van der Waals surface area contributed by atoms with Gasteiger partial charge in [-0.05, 0) is 13.0 Å². The van der Waals surface area contributed by atoms with Gasteiger partial charge >= 0.3 is 0 Å². The lowest BCUT2D eigenvalue weighted by atomic mass is 10.1. The van der Waals surface area contributed by atoms with Crippen molar-refractivity contribution in [1.82, 2.24) is 0 Å². The van der Waals surface area contributed by atoms with E-state index in [2.05, 4.69) is 0 Å². The fourth-order valence-corrected chi connectivity index (χ4v) is 1.05. The second-order valence-electron chi connectivity index (χ2n) is 2.49. The normalized spacial score (nSPS) is 13.4. The maximum absolute atomic E-state index is 5.77. The Hall–Kier alpha value is -0.800. The number of hydrogen-bond acceptors (Lipinski definition) is 3. The molecule has 0 radical (unpaired) electrons. The minimum atomic E-state index is -0.0706. The monoisotopic (exact) mass is 155 g/mol. The molecule has 0 spiro atoms. The van der Waals surface area contributed by atoms with Gasteiger partial charge in [0.15, 0.2) is 0 Å². The molecule has 0 amide bonds. The van der Waals surface area contributed by atoms with Crippen molar-refractivity contribution in [3.63, 3.8) is 0 Å². The number of ether oxygens (including phenoxy) is 1. The van der Waals surface area contributed by atoms with Crippen LogP contribution in [0.4, 0.5) is 0 Å². The molecule has 3 nitrogen and oxygen atoms in total. The Balaban J connectivity index is 2.67. The highest BCUT2D eigenvalue weighted by Crippen LogP contribution is 2.16. The first kappa shape index (κ1) is 8.30. The average Bonchev–Trinajstić information content (AvgIpc) is 2.36. The molecule has 1 heterocycles. The number of rotatable bonds is 3. The number of furan rings is 1. The molecule has 0 bridgehead atoms. The quantitative estimate of drug-likeness (QED) is 0.714. The largest absolute Gasteiger partial charge is 0.469 e. The van der Waals surface area contributed by atoms with Crippen LogP contribution in [0.15, 0.2) is 16.7 Å². The Morgan fingerprint density at radius 3 is 2.91 bits per heavy atom. The van der Waals surface area contributed by atoms with Crippen molar-refractivity contribution in [3.8, 4) is 0 Å². The molecule has 1 aromatic heterocycles. The van der Waals surface area contributed by atoms with Gasteiger partial charge in [0.2, 0.25) is 0 Å². The first-order valence-corrected chi connectivity index (χ1v) is 3.54. The van der Waals surface area contributed by atoms with Crippen LogP contribution < -0.4 is 5.73 Å². The zero-order chi connectivity index (χ0) is 8.27.